The molecule has 46 valence electrons. The third-order valence-corrected chi connectivity index (χ3v) is 1.63. The lowest BCUT2D eigenvalue weighted by Crippen LogP contribution is -1.90. The van der Waals surface area contributed by atoms with Crippen LogP contribution in [0.15, 0.2) is 17.9 Å². The summed E-state index contributed by atoms with van der Waals surface area (Å²) in [5.74, 6) is 0.660. The first-order chi connectivity index (χ1) is 3.72. The highest BCUT2D eigenvalue weighted by atomic mass is 14.0. The largest absolute Gasteiger partial charge is 0.130 e. The molecule has 0 nitrogen and oxygen atoms in total. The van der Waals surface area contributed by atoms with Crippen molar-refractivity contribution >= 4 is 0 Å². The van der Waals surface area contributed by atoms with Gasteiger partial charge in [-0.3, -0.25) is 0 Å². The average Bonchev–Trinajstić information content (AvgIpc) is 1.84. The maximum Gasteiger partial charge on any atom is -0.0161 e. The zero-order valence-electron chi connectivity index (χ0n) is 5.99. The smallest absolute Gasteiger partial charge is 0.0161 e. The molecule has 0 aromatic rings. The molecule has 0 aliphatic rings. The van der Waals surface area contributed by atoms with Gasteiger partial charge in [0.1, 0.15) is 0 Å². The molecule has 0 rings (SSSR count). The molecule has 0 aliphatic carbocycles. The van der Waals surface area contributed by atoms with Gasteiger partial charge in [-0.1, -0.05) is 20.4 Å². The van der Waals surface area contributed by atoms with Gasteiger partial charge in [0.25, 0.3) is 0 Å². The summed E-state index contributed by atoms with van der Waals surface area (Å²) in [6, 6.07) is 0. The maximum absolute atomic E-state index is 3.57. The van der Waals surface area contributed by atoms with Gasteiger partial charge in [-0.25, -0.2) is 0 Å². The van der Waals surface area contributed by atoms with Gasteiger partial charge in [0, 0.05) is 0 Å². The minimum absolute atomic E-state index is 0.660. The van der Waals surface area contributed by atoms with Crippen molar-refractivity contribution in [2.24, 2.45) is 5.92 Å². The minimum atomic E-state index is 0.660. The van der Waals surface area contributed by atoms with Crippen LogP contribution in [-0.2, 0) is 0 Å². The molecule has 0 N–H and O–H groups in total. The first-order valence-electron chi connectivity index (χ1n) is 3.08. The average molecular weight is 110 g/mol. The Labute approximate surface area is 51.9 Å². The Kier molecular flexibility index (Phi) is 3.30. The lowest BCUT2D eigenvalue weighted by Gasteiger charge is -2.03. The molecule has 0 amide bonds. The Morgan fingerprint density at radius 1 is 1.75 bits per heavy atom. The van der Waals surface area contributed by atoms with Crippen molar-refractivity contribution in [1.82, 2.24) is 0 Å². The summed E-state index contributed by atoms with van der Waals surface area (Å²) in [7, 11) is 0. The van der Waals surface area contributed by atoms with E-state index in [1.807, 2.05) is 0 Å². The number of hydrogen-bond donors (Lipinski definition) is 0. The second kappa shape index (κ2) is 3.51. The van der Waals surface area contributed by atoms with Gasteiger partial charge in [0.2, 0.25) is 0 Å². The van der Waals surface area contributed by atoms with Gasteiger partial charge in [0.05, 0.1) is 0 Å². The monoisotopic (exact) mass is 110 g/mol. The van der Waals surface area contributed by atoms with Crippen LogP contribution in [-0.4, -0.2) is 0 Å². The Balaban J connectivity index is 3.82. The van der Waals surface area contributed by atoms with Crippen LogP contribution in [0.4, 0.5) is 0 Å². The predicted octanol–water partition coefficient (Wildman–Crippen LogP) is 2.76. The molecular weight excluding hydrogens is 96.1 g/mol. The molecule has 0 heterocycles. The van der Waals surface area contributed by atoms with Crippen LogP contribution in [0, 0.1) is 5.92 Å². The fourth-order valence-electron chi connectivity index (χ4n) is 0.480. The highest BCUT2D eigenvalue weighted by Gasteiger charge is 1.96. The van der Waals surface area contributed by atoms with Crippen LogP contribution >= 0.6 is 0 Å². The SMILES string of the molecule is C=C=C(C)C(C)CC. The van der Waals surface area contributed by atoms with Gasteiger partial charge in [-0.2, -0.15) is 0 Å². The number of allylic oxidation sites excluding steroid dienone is 1. The molecule has 0 aromatic carbocycles. The summed E-state index contributed by atoms with van der Waals surface area (Å²) < 4.78 is 0. The fraction of sp³-hybridized carbons (Fsp3) is 0.625. The van der Waals surface area contributed by atoms with Crippen LogP contribution in [0.3, 0.4) is 0 Å². The van der Waals surface area contributed by atoms with E-state index in [0.29, 0.717) is 5.92 Å². The van der Waals surface area contributed by atoms with Crippen LogP contribution < -0.4 is 0 Å². The Hall–Kier alpha value is -0.480. The summed E-state index contributed by atoms with van der Waals surface area (Å²) in [5.41, 5.74) is 4.15. The standard InChI is InChI=1S/C8H14/c1-5-7(3)8(4)6-2/h8H,1,6H2,2-4H3. The lowest BCUT2D eigenvalue weighted by atomic mass is 10.0. The van der Waals surface area contributed by atoms with E-state index in [1.165, 1.54) is 12.0 Å². The summed E-state index contributed by atoms with van der Waals surface area (Å²) in [4.78, 5) is 0. The molecule has 0 saturated carbocycles. The van der Waals surface area contributed by atoms with Crippen LogP contribution in [0.25, 0.3) is 0 Å². The van der Waals surface area contributed by atoms with E-state index in [4.69, 9.17) is 0 Å². The van der Waals surface area contributed by atoms with Gasteiger partial charge in [-0.05, 0) is 24.8 Å². The first kappa shape index (κ1) is 7.52. The van der Waals surface area contributed by atoms with E-state index in [-0.39, 0.29) is 0 Å². The molecule has 0 heteroatoms. The van der Waals surface area contributed by atoms with Crippen LogP contribution in [0.5, 0.6) is 0 Å². The normalized spacial score (nSPS) is 12.4. The molecule has 8 heavy (non-hydrogen) atoms. The molecule has 0 saturated heterocycles. The Morgan fingerprint density at radius 2 is 2.25 bits per heavy atom. The van der Waals surface area contributed by atoms with E-state index in [2.05, 4.69) is 33.1 Å². The van der Waals surface area contributed by atoms with E-state index < -0.39 is 0 Å². The van der Waals surface area contributed by atoms with Gasteiger partial charge >= 0.3 is 0 Å². The second-order valence-corrected chi connectivity index (χ2v) is 2.17. The third-order valence-electron chi connectivity index (χ3n) is 1.63. The molecule has 0 bridgehead atoms. The minimum Gasteiger partial charge on any atom is -0.130 e. The van der Waals surface area contributed by atoms with Crippen molar-refractivity contribution in [3.63, 3.8) is 0 Å². The first-order valence-corrected chi connectivity index (χ1v) is 3.08. The van der Waals surface area contributed by atoms with Crippen molar-refractivity contribution in [3.8, 4) is 0 Å². The van der Waals surface area contributed by atoms with Gasteiger partial charge < -0.3 is 0 Å². The molecular formula is C8H14. The lowest BCUT2D eigenvalue weighted by molar-refractivity contribution is 0.657. The van der Waals surface area contributed by atoms with E-state index in [1.54, 1.807) is 0 Å². The van der Waals surface area contributed by atoms with Crippen molar-refractivity contribution in [2.75, 3.05) is 0 Å². The topological polar surface area (TPSA) is 0 Å². The summed E-state index contributed by atoms with van der Waals surface area (Å²) in [6.45, 7) is 10.00. The van der Waals surface area contributed by atoms with Crippen molar-refractivity contribution < 1.29 is 0 Å². The highest BCUT2D eigenvalue weighted by Crippen LogP contribution is 2.10. The predicted molar refractivity (Wildman–Crippen MR) is 37.8 cm³/mol. The maximum atomic E-state index is 3.57. The quantitative estimate of drug-likeness (QED) is 0.479. The summed E-state index contributed by atoms with van der Waals surface area (Å²) >= 11 is 0. The Bertz CT molecular complexity index is 105. The van der Waals surface area contributed by atoms with Gasteiger partial charge in [0.15, 0.2) is 0 Å². The van der Waals surface area contributed by atoms with E-state index in [0.717, 1.165) is 0 Å². The molecule has 0 radical (unpaired) electrons. The third kappa shape index (κ3) is 1.99. The molecule has 0 aromatic heterocycles. The number of rotatable bonds is 2. The second-order valence-electron chi connectivity index (χ2n) is 2.17. The van der Waals surface area contributed by atoms with Crippen molar-refractivity contribution in [1.29, 1.82) is 0 Å². The van der Waals surface area contributed by atoms with E-state index >= 15 is 0 Å². The van der Waals surface area contributed by atoms with Crippen molar-refractivity contribution in [2.45, 2.75) is 27.2 Å². The van der Waals surface area contributed by atoms with Gasteiger partial charge in [-0.15, -0.1) is 5.73 Å². The summed E-state index contributed by atoms with van der Waals surface area (Å²) in [5, 5.41) is 0. The Morgan fingerprint density at radius 3 is 2.38 bits per heavy atom. The molecule has 0 aliphatic heterocycles. The summed E-state index contributed by atoms with van der Waals surface area (Å²) in [6.07, 6.45) is 1.19. The van der Waals surface area contributed by atoms with Crippen LogP contribution in [0.2, 0.25) is 0 Å². The number of hydrogen-bond acceptors (Lipinski definition) is 0. The molecule has 1 unspecified atom stereocenters. The van der Waals surface area contributed by atoms with E-state index in [9.17, 15) is 0 Å². The zero-order valence-corrected chi connectivity index (χ0v) is 5.99. The van der Waals surface area contributed by atoms with Crippen LogP contribution in [0.1, 0.15) is 27.2 Å². The van der Waals surface area contributed by atoms with Crippen molar-refractivity contribution in [3.05, 3.63) is 17.9 Å². The highest BCUT2D eigenvalue weighted by molar-refractivity contribution is 4.98. The molecule has 1 atom stereocenters. The zero-order chi connectivity index (χ0) is 6.57. The molecule has 0 spiro atoms. The molecule has 0 fully saturated rings. The fourth-order valence-corrected chi connectivity index (χ4v) is 0.480.